The van der Waals surface area contributed by atoms with Gasteiger partial charge in [0.15, 0.2) is 5.65 Å². The average Bonchev–Trinajstić information content (AvgIpc) is 2.78. The summed E-state index contributed by atoms with van der Waals surface area (Å²) in [7, 11) is 0. The predicted octanol–water partition coefficient (Wildman–Crippen LogP) is 1.79. The maximum atomic E-state index is 4.34. The molecule has 0 saturated heterocycles. The standard InChI is InChI=1S/C11H8N4/c1-3-12-4-2-9(1)10-11-14-6-8-15(11)7-5-13-10/h1-8H. The summed E-state index contributed by atoms with van der Waals surface area (Å²) in [5.74, 6) is 0. The normalized spacial score (nSPS) is 10.7. The van der Waals surface area contributed by atoms with Crippen LogP contribution in [0.2, 0.25) is 0 Å². The van der Waals surface area contributed by atoms with E-state index in [4.69, 9.17) is 0 Å². The van der Waals surface area contributed by atoms with Crippen molar-refractivity contribution in [3.63, 3.8) is 0 Å². The van der Waals surface area contributed by atoms with Crippen molar-refractivity contribution in [2.75, 3.05) is 0 Å². The molecule has 0 unspecified atom stereocenters. The highest BCUT2D eigenvalue weighted by atomic mass is 15.0. The third kappa shape index (κ3) is 1.27. The van der Waals surface area contributed by atoms with Crippen molar-refractivity contribution in [2.45, 2.75) is 0 Å². The summed E-state index contributed by atoms with van der Waals surface area (Å²) in [6.07, 6.45) is 10.8. The lowest BCUT2D eigenvalue weighted by molar-refractivity contribution is 1.13. The van der Waals surface area contributed by atoms with Gasteiger partial charge in [-0.1, -0.05) is 0 Å². The van der Waals surface area contributed by atoms with E-state index >= 15 is 0 Å². The number of rotatable bonds is 1. The van der Waals surface area contributed by atoms with Crippen LogP contribution in [-0.4, -0.2) is 19.4 Å². The minimum absolute atomic E-state index is 0.865. The lowest BCUT2D eigenvalue weighted by Gasteiger charge is -2.01. The summed E-state index contributed by atoms with van der Waals surface area (Å²) in [4.78, 5) is 12.6. The summed E-state index contributed by atoms with van der Waals surface area (Å²) in [6, 6.07) is 3.86. The maximum Gasteiger partial charge on any atom is 0.163 e. The topological polar surface area (TPSA) is 43.1 Å². The Labute approximate surface area is 86.3 Å². The van der Waals surface area contributed by atoms with Crippen LogP contribution in [0.5, 0.6) is 0 Å². The Bertz CT molecular complexity index is 586. The molecule has 4 heteroatoms. The summed E-state index contributed by atoms with van der Waals surface area (Å²) in [5.41, 5.74) is 2.77. The minimum atomic E-state index is 0.865. The molecule has 3 rings (SSSR count). The van der Waals surface area contributed by atoms with Gasteiger partial charge in [-0.3, -0.25) is 9.97 Å². The van der Waals surface area contributed by atoms with Crippen molar-refractivity contribution < 1.29 is 0 Å². The van der Waals surface area contributed by atoms with Crippen LogP contribution in [0.1, 0.15) is 0 Å². The van der Waals surface area contributed by atoms with Crippen LogP contribution in [-0.2, 0) is 0 Å². The van der Waals surface area contributed by atoms with E-state index in [9.17, 15) is 0 Å². The van der Waals surface area contributed by atoms with Gasteiger partial charge in [-0.05, 0) is 12.1 Å². The highest BCUT2D eigenvalue weighted by molar-refractivity contribution is 5.72. The summed E-state index contributed by atoms with van der Waals surface area (Å²) < 4.78 is 1.95. The van der Waals surface area contributed by atoms with E-state index in [0.717, 1.165) is 16.9 Å². The van der Waals surface area contributed by atoms with E-state index in [-0.39, 0.29) is 0 Å². The molecular formula is C11H8N4. The first kappa shape index (κ1) is 8.11. The fourth-order valence-corrected chi connectivity index (χ4v) is 1.57. The predicted molar refractivity (Wildman–Crippen MR) is 56.2 cm³/mol. The molecule has 0 aromatic carbocycles. The van der Waals surface area contributed by atoms with Crippen molar-refractivity contribution in [2.24, 2.45) is 0 Å². The molecule has 72 valence electrons. The molecule has 0 aliphatic carbocycles. The van der Waals surface area contributed by atoms with Gasteiger partial charge in [0.25, 0.3) is 0 Å². The van der Waals surface area contributed by atoms with Crippen LogP contribution < -0.4 is 0 Å². The van der Waals surface area contributed by atoms with Crippen molar-refractivity contribution in [1.82, 2.24) is 19.4 Å². The summed E-state index contributed by atoms with van der Waals surface area (Å²) in [5, 5.41) is 0. The van der Waals surface area contributed by atoms with Crippen molar-refractivity contribution in [3.8, 4) is 11.3 Å². The van der Waals surface area contributed by atoms with E-state index in [2.05, 4.69) is 15.0 Å². The van der Waals surface area contributed by atoms with Crippen LogP contribution in [0.3, 0.4) is 0 Å². The Hall–Kier alpha value is -2.23. The van der Waals surface area contributed by atoms with Gasteiger partial charge in [0.05, 0.1) is 0 Å². The largest absolute Gasteiger partial charge is 0.304 e. The van der Waals surface area contributed by atoms with Crippen LogP contribution in [0.4, 0.5) is 0 Å². The van der Waals surface area contributed by atoms with Gasteiger partial charge < -0.3 is 4.40 Å². The first-order chi connectivity index (χ1) is 7.45. The van der Waals surface area contributed by atoms with E-state index in [1.165, 1.54) is 0 Å². The van der Waals surface area contributed by atoms with E-state index in [0.29, 0.717) is 0 Å². The van der Waals surface area contributed by atoms with Gasteiger partial charge in [0.2, 0.25) is 0 Å². The van der Waals surface area contributed by atoms with Gasteiger partial charge in [-0.2, -0.15) is 0 Å². The first-order valence-corrected chi connectivity index (χ1v) is 4.63. The highest BCUT2D eigenvalue weighted by Gasteiger charge is 2.05. The fraction of sp³-hybridized carbons (Fsp3) is 0. The van der Waals surface area contributed by atoms with E-state index in [1.54, 1.807) is 24.8 Å². The molecule has 0 fully saturated rings. The number of nitrogens with zero attached hydrogens (tertiary/aromatic N) is 4. The molecule has 0 saturated carbocycles. The Kier molecular flexibility index (Phi) is 1.71. The molecule has 3 aromatic rings. The van der Waals surface area contributed by atoms with Crippen molar-refractivity contribution >= 4 is 5.65 Å². The molecule has 0 atom stereocenters. The van der Waals surface area contributed by atoms with Gasteiger partial charge in [0, 0.05) is 42.7 Å². The molecule has 0 spiro atoms. The number of aromatic nitrogens is 4. The van der Waals surface area contributed by atoms with Crippen LogP contribution in [0.25, 0.3) is 16.9 Å². The molecule has 4 nitrogen and oxygen atoms in total. The third-order valence-electron chi connectivity index (χ3n) is 2.27. The Morgan fingerprint density at radius 2 is 1.60 bits per heavy atom. The van der Waals surface area contributed by atoms with Gasteiger partial charge in [-0.15, -0.1) is 0 Å². The van der Waals surface area contributed by atoms with Crippen LogP contribution in [0.15, 0.2) is 49.3 Å². The lowest BCUT2D eigenvalue weighted by Crippen LogP contribution is -1.90. The second-order valence-electron chi connectivity index (χ2n) is 3.17. The number of imidazole rings is 1. The Morgan fingerprint density at radius 1 is 0.867 bits per heavy atom. The smallest absolute Gasteiger partial charge is 0.163 e. The highest BCUT2D eigenvalue weighted by Crippen LogP contribution is 2.19. The van der Waals surface area contributed by atoms with Crippen LogP contribution >= 0.6 is 0 Å². The van der Waals surface area contributed by atoms with E-state index < -0.39 is 0 Å². The van der Waals surface area contributed by atoms with Crippen LogP contribution in [0, 0.1) is 0 Å². The molecule has 3 heterocycles. The molecule has 3 aromatic heterocycles. The Morgan fingerprint density at radius 3 is 2.40 bits per heavy atom. The second-order valence-corrected chi connectivity index (χ2v) is 3.17. The maximum absolute atomic E-state index is 4.34. The quantitative estimate of drug-likeness (QED) is 0.596. The second kappa shape index (κ2) is 3.16. The number of hydrogen-bond donors (Lipinski definition) is 0. The lowest BCUT2D eigenvalue weighted by atomic mass is 10.2. The number of fused-ring (bicyclic) bond motifs is 1. The van der Waals surface area contributed by atoms with Gasteiger partial charge in [-0.25, -0.2) is 4.98 Å². The zero-order valence-electron chi connectivity index (χ0n) is 7.91. The fourth-order valence-electron chi connectivity index (χ4n) is 1.57. The molecule has 15 heavy (non-hydrogen) atoms. The van der Waals surface area contributed by atoms with Crippen molar-refractivity contribution in [3.05, 3.63) is 49.3 Å². The third-order valence-corrected chi connectivity index (χ3v) is 2.27. The molecular weight excluding hydrogens is 188 g/mol. The zero-order chi connectivity index (χ0) is 10.1. The monoisotopic (exact) mass is 196 g/mol. The molecule has 0 aliphatic rings. The van der Waals surface area contributed by atoms with E-state index in [1.807, 2.05) is 28.9 Å². The molecule has 0 aliphatic heterocycles. The Balaban J connectivity index is 2.31. The van der Waals surface area contributed by atoms with Gasteiger partial charge >= 0.3 is 0 Å². The molecule has 0 radical (unpaired) electrons. The molecule has 0 bridgehead atoms. The first-order valence-electron chi connectivity index (χ1n) is 4.63. The minimum Gasteiger partial charge on any atom is -0.304 e. The summed E-state index contributed by atoms with van der Waals surface area (Å²) >= 11 is 0. The summed E-state index contributed by atoms with van der Waals surface area (Å²) in [6.45, 7) is 0. The SMILES string of the molecule is c1cc(-c2nccn3ccnc23)ccn1. The molecule has 0 N–H and O–H groups in total. The number of hydrogen-bond acceptors (Lipinski definition) is 3. The van der Waals surface area contributed by atoms with Crippen molar-refractivity contribution in [1.29, 1.82) is 0 Å². The van der Waals surface area contributed by atoms with Gasteiger partial charge in [0.1, 0.15) is 5.69 Å². The number of pyridine rings is 1. The average molecular weight is 196 g/mol. The zero-order valence-corrected chi connectivity index (χ0v) is 7.91. The molecule has 0 amide bonds.